The van der Waals surface area contributed by atoms with E-state index in [2.05, 4.69) is 10.1 Å². The number of aromatic carboxylic acids is 1. The van der Waals surface area contributed by atoms with Crippen molar-refractivity contribution in [3.05, 3.63) is 41.7 Å². The van der Waals surface area contributed by atoms with Crippen LogP contribution >= 0.6 is 0 Å². The molecule has 0 bridgehead atoms. The van der Waals surface area contributed by atoms with Gasteiger partial charge in [-0.05, 0) is 6.07 Å². The topological polar surface area (TPSA) is 79.1 Å². The second kappa shape index (κ2) is 4.37. The zero-order chi connectivity index (χ0) is 15.2. The Morgan fingerprint density at radius 3 is 2.71 bits per heavy atom. The first-order chi connectivity index (χ1) is 9.88. The Labute approximate surface area is 115 Å². The molecule has 2 heterocycles. The molecule has 21 heavy (non-hydrogen) atoms. The monoisotopic (exact) mass is 296 g/mol. The number of H-pyrrole nitrogens is 1. The standard InChI is InChI=1S/C13H7F3N2O3/c14-13(15,16)8-3-1-2-6-7(5-17-11(6)8)10-4-9(12(19)20)18-21-10/h1-5,17H,(H,19,20). The Morgan fingerprint density at radius 2 is 2.10 bits per heavy atom. The predicted molar refractivity (Wildman–Crippen MR) is 65.8 cm³/mol. The smallest absolute Gasteiger partial charge is 0.418 e. The summed E-state index contributed by atoms with van der Waals surface area (Å²) in [6, 6.07) is 4.88. The molecule has 0 aliphatic carbocycles. The van der Waals surface area contributed by atoms with E-state index in [1.807, 2.05) is 0 Å². The fraction of sp³-hybridized carbons (Fsp3) is 0.0769. The molecule has 3 rings (SSSR count). The molecule has 0 saturated heterocycles. The molecule has 8 heteroatoms. The predicted octanol–water partition coefficient (Wildman–Crippen LogP) is 3.54. The van der Waals surface area contributed by atoms with Gasteiger partial charge in [-0.15, -0.1) is 0 Å². The lowest BCUT2D eigenvalue weighted by Gasteiger charge is -2.07. The maximum Gasteiger partial charge on any atom is 0.418 e. The van der Waals surface area contributed by atoms with Crippen LogP contribution in [0.15, 0.2) is 35.0 Å². The summed E-state index contributed by atoms with van der Waals surface area (Å²) < 4.78 is 43.6. The maximum absolute atomic E-state index is 12.9. The lowest BCUT2D eigenvalue weighted by molar-refractivity contribution is -0.136. The number of nitrogens with zero attached hydrogens (tertiary/aromatic N) is 1. The molecule has 0 spiro atoms. The minimum absolute atomic E-state index is 0.0815. The van der Waals surface area contributed by atoms with Crippen molar-refractivity contribution in [1.82, 2.24) is 10.1 Å². The van der Waals surface area contributed by atoms with E-state index in [0.717, 1.165) is 12.1 Å². The summed E-state index contributed by atoms with van der Waals surface area (Å²) in [5.41, 5.74) is -0.889. The van der Waals surface area contributed by atoms with Crippen LogP contribution in [0.3, 0.4) is 0 Å². The molecule has 2 aromatic heterocycles. The number of hydrogen-bond acceptors (Lipinski definition) is 3. The van der Waals surface area contributed by atoms with Crippen LogP contribution in [-0.4, -0.2) is 21.2 Å². The highest BCUT2D eigenvalue weighted by Crippen LogP contribution is 2.37. The number of nitrogens with one attached hydrogen (secondary N) is 1. The molecule has 0 saturated carbocycles. The Balaban J connectivity index is 2.19. The average molecular weight is 296 g/mol. The molecule has 0 radical (unpaired) electrons. The molecular weight excluding hydrogens is 289 g/mol. The van der Waals surface area contributed by atoms with Crippen LogP contribution in [0, 0.1) is 0 Å². The summed E-state index contributed by atoms with van der Waals surface area (Å²) in [5, 5.41) is 12.4. The van der Waals surface area contributed by atoms with Crippen LogP contribution in [-0.2, 0) is 6.18 Å². The number of carboxylic acids is 1. The number of hydrogen-bond donors (Lipinski definition) is 2. The Hall–Kier alpha value is -2.77. The van der Waals surface area contributed by atoms with E-state index in [0.29, 0.717) is 5.56 Å². The molecule has 3 aromatic rings. The van der Waals surface area contributed by atoms with E-state index < -0.39 is 17.7 Å². The van der Waals surface area contributed by atoms with Crippen molar-refractivity contribution in [1.29, 1.82) is 0 Å². The fourth-order valence-corrected chi connectivity index (χ4v) is 2.10. The Kier molecular flexibility index (Phi) is 2.75. The molecule has 0 atom stereocenters. The van der Waals surface area contributed by atoms with Gasteiger partial charge < -0.3 is 14.6 Å². The highest BCUT2D eigenvalue weighted by Gasteiger charge is 2.33. The van der Waals surface area contributed by atoms with Crippen molar-refractivity contribution in [2.75, 3.05) is 0 Å². The molecule has 0 fully saturated rings. The van der Waals surface area contributed by atoms with Gasteiger partial charge in [0.2, 0.25) is 0 Å². The lowest BCUT2D eigenvalue weighted by Crippen LogP contribution is -2.05. The molecule has 1 aromatic carbocycles. The number of aromatic amines is 1. The maximum atomic E-state index is 12.9. The van der Waals surface area contributed by atoms with Gasteiger partial charge in [-0.25, -0.2) is 4.79 Å². The highest BCUT2D eigenvalue weighted by molar-refractivity contribution is 5.97. The Morgan fingerprint density at radius 1 is 1.33 bits per heavy atom. The van der Waals surface area contributed by atoms with Crippen LogP contribution in [0.1, 0.15) is 16.1 Å². The van der Waals surface area contributed by atoms with Gasteiger partial charge in [-0.3, -0.25) is 0 Å². The zero-order valence-corrected chi connectivity index (χ0v) is 10.2. The summed E-state index contributed by atoms with van der Waals surface area (Å²) >= 11 is 0. The number of alkyl halides is 3. The van der Waals surface area contributed by atoms with Gasteiger partial charge in [-0.2, -0.15) is 13.2 Å². The van der Waals surface area contributed by atoms with Crippen LogP contribution in [0.4, 0.5) is 13.2 Å². The summed E-state index contributed by atoms with van der Waals surface area (Å²) in [6.07, 6.45) is -3.17. The van der Waals surface area contributed by atoms with E-state index >= 15 is 0 Å². The molecule has 0 aliphatic heterocycles. The van der Waals surface area contributed by atoms with Gasteiger partial charge in [0.15, 0.2) is 11.5 Å². The van der Waals surface area contributed by atoms with E-state index in [1.165, 1.54) is 18.3 Å². The quantitative estimate of drug-likeness (QED) is 0.758. The van der Waals surface area contributed by atoms with Gasteiger partial charge in [0.25, 0.3) is 0 Å². The third-order valence-electron chi connectivity index (χ3n) is 3.02. The van der Waals surface area contributed by atoms with Crippen LogP contribution in [0.2, 0.25) is 0 Å². The number of aromatic nitrogens is 2. The minimum Gasteiger partial charge on any atom is -0.476 e. The number of benzene rings is 1. The Bertz CT molecular complexity index is 833. The normalized spacial score (nSPS) is 12.0. The molecule has 0 aliphatic rings. The van der Waals surface area contributed by atoms with Crippen molar-refractivity contribution in [3.63, 3.8) is 0 Å². The van der Waals surface area contributed by atoms with Gasteiger partial charge in [0, 0.05) is 23.2 Å². The molecule has 2 N–H and O–H groups in total. The largest absolute Gasteiger partial charge is 0.476 e. The number of para-hydroxylation sites is 1. The second-order valence-electron chi connectivity index (χ2n) is 4.31. The SMILES string of the molecule is O=C(O)c1cc(-c2c[nH]c3c(C(F)(F)F)cccc23)on1. The first-order valence-corrected chi connectivity index (χ1v) is 5.75. The molecule has 5 nitrogen and oxygen atoms in total. The third-order valence-corrected chi connectivity index (χ3v) is 3.02. The number of carboxylic acid groups (broad SMARTS) is 1. The molecular formula is C13H7F3N2O3. The highest BCUT2D eigenvalue weighted by atomic mass is 19.4. The van der Waals surface area contributed by atoms with E-state index in [1.54, 1.807) is 0 Å². The van der Waals surface area contributed by atoms with Crippen molar-refractivity contribution in [2.45, 2.75) is 6.18 Å². The average Bonchev–Trinajstić information content (AvgIpc) is 3.03. The van der Waals surface area contributed by atoms with Gasteiger partial charge in [-0.1, -0.05) is 17.3 Å². The number of rotatable bonds is 2. The molecule has 0 unspecified atom stereocenters. The lowest BCUT2D eigenvalue weighted by atomic mass is 10.1. The molecule has 108 valence electrons. The molecule has 0 amide bonds. The first kappa shape index (κ1) is 13.2. The van der Waals surface area contributed by atoms with Crippen molar-refractivity contribution >= 4 is 16.9 Å². The van der Waals surface area contributed by atoms with Gasteiger partial charge in [0.05, 0.1) is 11.1 Å². The van der Waals surface area contributed by atoms with Crippen molar-refractivity contribution in [3.8, 4) is 11.3 Å². The minimum atomic E-state index is -4.49. The summed E-state index contributed by atoms with van der Waals surface area (Å²) in [4.78, 5) is 13.3. The van der Waals surface area contributed by atoms with Crippen LogP contribution in [0.25, 0.3) is 22.2 Å². The van der Waals surface area contributed by atoms with Gasteiger partial charge >= 0.3 is 12.1 Å². The van der Waals surface area contributed by atoms with E-state index in [-0.39, 0.29) is 22.4 Å². The van der Waals surface area contributed by atoms with Crippen molar-refractivity contribution in [2.24, 2.45) is 0 Å². The van der Waals surface area contributed by atoms with E-state index in [9.17, 15) is 18.0 Å². The number of halogens is 3. The third kappa shape index (κ3) is 2.14. The van der Waals surface area contributed by atoms with Gasteiger partial charge in [0.1, 0.15) is 0 Å². The van der Waals surface area contributed by atoms with Crippen LogP contribution < -0.4 is 0 Å². The summed E-state index contributed by atoms with van der Waals surface area (Å²) in [5.74, 6) is -1.20. The second-order valence-corrected chi connectivity index (χ2v) is 4.31. The first-order valence-electron chi connectivity index (χ1n) is 5.75. The number of fused-ring (bicyclic) bond motifs is 1. The van der Waals surface area contributed by atoms with Crippen molar-refractivity contribution < 1.29 is 27.6 Å². The van der Waals surface area contributed by atoms with Crippen LogP contribution in [0.5, 0.6) is 0 Å². The summed E-state index contributed by atoms with van der Waals surface area (Å²) in [6.45, 7) is 0. The summed E-state index contributed by atoms with van der Waals surface area (Å²) in [7, 11) is 0. The fourth-order valence-electron chi connectivity index (χ4n) is 2.10. The zero-order valence-electron chi connectivity index (χ0n) is 10.2. The number of carbonyl (C=O) groups is 1. The van der Waals surface area contributed by atoms with E-state index in [4.69, 9.17) is 9.63 Å².